The van der Waals surface area contributed by atoms with E-state index in [0.29, 0.717) is 23.9 Å². The summed E-state index contributed by atoms with van der Waals surface area (Å²) < 4.78 is 42.7. The number of nitrogens with zero attached hydrogens (tertiary/aromatic N) is 4. The van der Waals surface area contributed by atoms with Crippen LogP contribution in [0.25, 0.3) is 17.1 Å². The van der Waals surface area contributed by atoms with Crippen LogP contribution < -0.4 is 20.3 Å². The van der Waals surface area contributed by atoms with Gasteiger partial charge in [0.05, 0.1) is 11.7 Å². The predicted molar refractivity (Wildman–Crippen MR) is 167 cm³/mol. The molecule has 5 rings (SSSR count). The summed E-state index contributed by atoms with van der Waals surface area (Å²) in [6, 6.07) is 21.0. The largest absolute Gasteiger partial charge is 0.573 e. The number of hydrogen-bond acceptors (Lipinski definition) is 6. The molecule has 2 heterocycles. The number of alkyl halides is 3. The summed E-state index contributed by atoms with van der Waals surface area (Å²) in [5.41, 5.74) is 4.51. The van der Waals surface area contributed by atoms with E-state index in [1.807, 2.05) is 37.3 Å². The van der Waals surface area contributed by atoms with Crippen LogP contribution in [0.4, 0.5) is 23.7 Å². The van der Waals surface area contributed by atoms with Crippen molar-refractivity contribution < 1.29 is 22.7 Å². The van der Waals surface area contributed by atoms with Crippen molar-refractivity contribution in [2.75, 3.05) is 17.2 Å². The second-order valence-corrected chi connectivity index (χ2v) is 11.9. The number of nitrogens with one attached hydrogen (secondary N) is 2. The maximum absolute atomic E-state index is 13.2. The van der Waals surface area contributed by atoms with Crippen LogP contribution >= 0.6 is 11.8 Å². The zero-order chi connectivity index (χ0) is 31.3. The SMILES string of the molecule is CCC(NC(=O)NC1SCCCN1c1ccccc1C(C)C)c1ccc(-c2ncn(-c3ccc(OC(F)(F)F)cc3)n2)cc1. The van der Waals surface area contributed by atoms with Crippen molar-refractivity contribution in [3.8, 4) is 22.8 Å². The smallest absolute Gasteiger partial charge is 0.406 e. The fourth-order valence-corrected chi connectivity index (χ4v) is 6.27. The summed E-state index contributed by atoms with van der Waals surface area (Å²) in [5.74, 6) is 1.50. The van der Waals surface area contributed by atoms with E-state index in [-0.39, 0.29) is 23.3 Å². The van der Waals surface area contributed by atoms with E-state index in [0.717, 1.165) is 35.5 Å². The fraction of sp³-hybridized carbons (Fsp3) is 0.344. The normalized spacial score (nSPS) is 16.1. The minimum atomic E-state index is -4.75. The zero-order valence-corrected chi connectivity index (χ0v) is 25.5. The molecule has 1 aliphatic heterocycles. The molecule has 3 aromatic carbocycles. The Morgan fingerprint density at radius 2 is 1.80 bits per heavy atom. The Balaban J connectivity index is 1.22. The Morgan fingerprint density at radius 3 is 2.48 bits per heavy atom. The number of aromatic nitrogens is 3. The molecule has 232 valence electrons. The lowest BCUT2D eigenvalue weighted by Crippen LogP contribution is -2.52. The van der Waals surface area contributed by atoms with Crippen LogP contribution in [0.5, 0.6) is 5.75 Å². The average Bonchev–Trinajstić information content (AvgIpc) is 3.50. The Bertz CT molecular complexity index is 1540. The van der Waals surface area contributed by atoms with E-state index in [1.54, 1.807) is 11.8 Å². The molecule has 0 saturated carbocycles. The Kier molecular flexibility index (Phi) is 9.68. The second-order valence-electron chi connectivity index (χ2n) is 10.7. The average molecular weight is 625 g/mol. The van der Waals surface area contributed by atoms with Gasteiger partial charge >= 0.3 is 12.4 Å². The number of amides is 2. The van der Waals surface area contributed by atoms with E-state index in [4.69, 9.17) is 0 Å². The van der Waals surface area contributed by atoms with Gasteiger partial charge in [-0.25, -0.2) is 14.5 Å². The predicted octanol–water partition coefficient (Wildman–Crippen LogP) is 7.63. The van der Waals surface area contributed by atoms with Gasteiger partial charge in [-0.1, -0.05) is 63.2 Å². The molecule has 2 amide bonds. The highest BCUT2D eigenvalue weighted by atomic mass is 32.2. The van der Waals surface area contributed by atoms with Gasteiger partial charge in [0.2, 0.25) is 0 Å². The second kappa shape index (κ2) is 13.6. The number of carbonyl (C=O) groups is 1. The minimum Gasteiger partial charge on any atom is -0.406 e. The van der Waals surface area contributed by atoms with Gasteiger partial charge < -0.3 is 20.3 Å². The molecule has 2 unspecified atom stereocenters. The molecule has 2 N–H and O–H groups in total. The summed E-state index contributed by atoms with van der Waals surface area (Å²) in [6.07, 6.45) is -1.50. The van der Waals surface area contributed by atoms with Crippen molar-refractivity contribution in [1.82, 2.24) is 25.4 Å². The topological polar surface area (TPSA) is 84.3 Å². The first-order chi connectivity index (χ1) is 21.1. The summed E-state index contributed by atoms with van der Waals surface area (Å²) in [5, 5.41) is 10.8. The van der Waals surface area contributed by atoms with Crippen LogP contribution in [0, 0.1) is 0 Å². The zero-order valence-electron chi connectivity index (χ0n) is 24.7. The number of thioether (sulfide) groups is 1. The lowest BCUT2D eigenvalue weighted by atomic mass is 10.0. The Morgan fingerprint density at radius 1 is 1.07 bits per heavy atom. The molecule has 12 heteroatoms. The number of ether oxygens (including phenoxy) is 1. The van der Waals surface area contributed by atoms with Crippen LogP contribution in [0.2, 0.25) is 0 Å². The van der Waals surface area contributed by atoms with E-state index in [1.165, 1.54) is 40.8 Å². The minimum absolute atomic E-state index is 0.168. The van der Waals surface area contributed by atoms with Crippen molar-refractivity contribution in [2.45, 2.75) is 57.4 Å². The monoisotopic (exact) mass is 624 g/mol. The van der Waals surface area contributed by atoms with Crippen LogP contribution in [0.1, 0.15) is 56.7 Å². The third-order valence-electron chi connectivity index (χ3n) is 7.34. The molecule has 2 atom stereocenters. The summed E-state index contributed by atoms with van der Waals surface area (Å²) >= 11 is 1.73. The quantitative estimate of drug-likeness (QED) is 0.199. The van der Waals surface area contributed by atoms with Gasteiger partial charge in [-0.3, -0.25) is 0 Å². The highest BCUT2D eigenvalue weighted by Gasteiger charge is 2.31. The molecule has 0 aliphatic carbocycles. The van der Waals surface area contributed by atoms with Crippen molar-refractivity contribution in [1.29, 1.82) is 0 Å². The summed E-state index contributed by atoms with van der Waals surface area (Å²) in [4.78, 5) is 19.9. The Hall–Kier alpha value is -4.19. The molecule has 44 heavy (non-hydrogen) atoms. The molecular formula is C32H35F3N6O2S. The van der Waals surface area contributed by atoms with E-state index in [9.17, 15) is 18.0 Å². The number of hydrogen-bond donors (Lipinski definition) is 2. The molecule has 4 aromatic rings. The van der Waals surface area contributed by atoms with Crippen molar-refractivity contribution >= 4 is 23.5 Å². The van der Waals surface area contributed by atoms with Gasteiger partial charge in [-0.15, -0.1) is 30.0 Å². The van der Waals surface area contributed by atoms with Crippen molar-refractivity contribution in [2.24, 2.45) is 0 Å². The number of rotatable bonds is 9. The standard InChI is InChI=1S/C32H35F3N6O2S/c1-4-27(37-30(42)38-31-40(18-7-19-44-31)28-9-6-5-8-26(28)21(2)3)22-10-12-23(13-11-22)29-36-20-41(39-29)24-14-16-25(17-15-24)43-32(33,34)35/h5-6,8-17,20-21,27,31H,4,7,18-19H2,1-3H3,(H2,37,38,42). The van der Waals surface area contributed by atoms with Gasteiger partial charge in [-0.2, -0.15) is 0 Å². The van der Waals surface area contributed by atoms with E-state index in [2.05, 4.69) is 62.4 Å². The summed E-state index contributed by atoms with van der Waals surface area (Å²) in [7, 11) is 0. The van der Waals surface area contributed by atoms with Gasteiger partial charge in [0.25, 0.3) is 0 Å². The van der Waals surface area contributed by atoms with E-state index >= 15 is 0 Å². The highest BCUT2D eigenvalue weighted by Crippen LogP contribution is 2.33. The lowest BCUT2D eigenvalue weighted by Gasteiger charge is -2.39. The highest BCUT2D eigenvalue weighted by molar-refractivity contribution is 8.00. The number of para-hydroxylation sites is 1. The maximum atomic E-state index is 13.2. The molecule has 1 aromatic heterocycles. The summed E-state index contributed by atoms with van der Waals surface area (Å²) in [6.45, 7) is 7.26. The van der Waals surface area contributed by atoms with E-state index < -0.39 is 6.36 Å². The molecule has 0 spiro atoms. The molecule has 0 radical (unpaired) electrons. The third-order valence-corrected chi connectivity index (χ3v) is 8.55. The van der Waals surface area contributed by atoms with Crippen LogP contribution in [-0.4, -0.2) is 45.0 Å². The number of carbonyl (C=O) groups excluding carboxylic acids is 1. The molecule has 1 aliphatic rings. The number of urea groups is 1. The van der Waals surface area contributed by atoms with Gasteiger partial charge in [0.15, 0.2) is 11.3 Å². The molecule has 1 fully saturated rings. The van der Waals surface area contributed by atoms with Crippen molar-refractivity contribution in [3.05, 3.63) is 90.3 Å². The number of halogens is 3. The number of benzene rings is 3. The fourth-order valence-electron chi connectivity index (χ4n) is 5.16. The molecule has 0 bridgehead atoms. The van der Waals surface area contributed by atoms with Gasteiger partial charge in [0, 0.05) is 17.8 Å². The van der Waals surface area contributed by atoms with Crippen LogP contribution in [0.3, 0.4) is 0 Å². The Labute approximate surface area is 259 Å². The molecular weight excluding hydrogens is 589 g/mol. The third kappa shape index (κ3) is 7.65. The van der Waals surface area contributed by atoms with Gasteiger partial charge in [0.1, 0.15) is 12.1 Å². The van der Waals surface area contributed by atoms with Gasteiger partial charge in [-0.05, 0) is 66.0 Å². The van der Waals surface area contributed by atoms with Crippen molar-refractivity contribution in [3.63, 3.8) is 0 Å². The molecule has 8 nitrogen and oxygen atoms in total. The lowest BCUT2D eigenvalue weighted by molar-refractivity contribution is -0.274. The van der Waals surface area contributed by atoms with Crippen LogP contribution in [-0.2, 0) is 0 Å². The first-order valence-electron chi connectivity index (χ1n) is 14.5. The van der Waals surface area contributed by atoms with Crippen LogP contribution in [0.15, 0.2) is 79.1 Å². The first-order valence-corrected chi connectivity index (χ1v) is 15.6. The maximum Gasteiger partial charge on any atom is 0.573 e. The number of anilines is 1. The molecule has 1 saturated heterocycles. The first kappa shape index (κ1) is 31.2.